The molecule has 4 N–H and O–H groups in total. The van der Waals surface area contributed by atoms with Crippen LogP contribution in [0.25, 0.3) is 0 Å². The number of hydrogen-bond acceptors (Lipinski definition) is 10. The van der Waals surface area contributed by atoms with Crippen molar-refractivity contribution in [1.82, 2.24) is 21.3 Å². The van der Waals surface area contributed by atoms with E-state index in [2.05, 4.69) is 28.2 Å². The predicted octanol–water partition coefficient (Wildman–Crippen LogP) is 8.20. The van der Waals surface area contributed by atoms with E-state index in [1.807, 2.05) is 109 Å². The summed E-state index contributed by atoms with van der Waals surface area (Å²) < 4.78 is 62.5. The fraction of sp³-hybridized carbons (Fsp3) is 0.375. The Morgan fingerprint density at radius 2 is 0.617 bits per heavy atom. The molecule has 6 rings (SSSR count). The van der Waals surface area contributed by atoms with Crippen LogP contribution in [0.15, 0.2) is 182 Å². The minimum atomic E-state index is -3.28. The Labute approximate surface area is 479 Å². The summed E-state index contributed by atoms with van der Waals surface area (Å²) >= 11 is 0. The smallest absolute Gasteiger partial charge is 0.228 e. The number of rotatable bonds is 38. The topological polar surface area (TPSA) is 195 Å². The van der Waals surface area contributed by atoms with Gasteiger partial charge in [0, 0.05) is 77.7 Å². The van der Waals surface area contributed by atoms with Crippen molar-refractivity contribution < 1.29 is 47.1 Å². The third kappa shape index (κ3) is 20.6. The second-order valence-electron chi connectivity index (χ2n) is 20.3. The molecule has 0 saturated carbocycles. The highest BCUT2D eigenvalue weighted by molar-refractivity contribution is 7.80. The summed E-state index contributed by atoms with van der Waals surface area (Å²) in [6, 6.07) is 54.3. The zero-order valence-electron chi connectivity index (χ0n) is 46.8. The minimum Gasteiger partial charge on any atom is -0.379 e. The fourth-order valence-corrected chi connectivity index (χ4v) is 16.9. The number of ether oxygens (including phenoxy) is 3. The van der Waals surface area contributed by atoms with Gasteiger partial charge in [0.1, 0.15) is 5.54 Å². The molecule has 0 aliphatic rings. The van der Waals surface area contributed by atoms with Gasteiger partial charge < -0.3 is 49.2 Å². The van der Waals surface area contributed by atoms with Gasteiger partial charge in [-0.2, -0.15) is 0 Å². The van der Waals surface area contributed by atoms with Crippen LogP contribution in [0.2, 0.25) is 0 Å². The van der Waals surface area contributed by atoms with Gasteiger partial charge >= 0.3 is 0 Å². The van der Waals surface area contributed by atoms with Gasteiger partial charge in [0.05, 0.1) is 38.3 Å². The van der Waals surface area contributed by atoms with Gasteiger partial charge in [0.15, 0.2) is 21.4 Å². The number of hydrogen-bond donors (Lipinski definition) is 4. The molecule has 0 spiro atoms. The minimum absolute atomic E-state index is 0.00358. The van der Waals surface area contributed by atoms with Crippen molar-refractivity contribution in [2.45, 2.75) is 76.7 Å². The van der Waals surface area contributed by atoms with Crippen molar-refractivity contribution in [3.63, 3.8) is 0 Å². The maximum Gasteiger partial charge on any atom is 0.228 e. The highest BCUT2D eigenvalue weighted by Crippen LogP contribution is 2.45. The summed E-state index contributed by atoms with van der Waals surface area (Å²) in [6.45, 7) is 3.52. The lowest BCUT2D eigenvalue weighted by Gasteiger charge is -2.34. The molecule has 6 aromatic rings. The lowest BCUT2D eigenvalue weighted by Crippen LogP contribution is -2.58. The van der Waals surface area contributed by atoms with E-state index < -0.39 is 27.0 Å². The summed E-state index contributed by atoms with van der Waals surface area (Å²) in [6.07, 6.45) is 6.99. The molecule has 4 amide bonds. The van der Waals surface area contributed by atoms with Crippen molar-refractivity contribution in [3.05, 3.63) is 182 Å². The first-order chi connectivity index (χ1) is 39.4. The number of benzene rings is 6. The number of nitrogens with one attached hydrogen (secondary N) is 4. The van der Waals surface area contributed by atoms with E-state index in [9.17, 15) is 32.9 Å². The highest BCUT2D eigenvalue weighted by Gasteiger charge is 2.35. The summed E-state index contributed by atoms with van der Waals surface area (Å²) in [5, 5.41) is 15.6. The maximum absolute atomic E-state index is 14.5. The Hall–Kier alpha value is -6.23. The molecular formula is C64H81N4O10P3. The van der Waals surface area contributed by atoms with Crippen LogP contribution in [0.4, 0.5) is 0 Å². The van der Waals surface area contributed by atoms with Crippen LogP contribution >= 0.6 is 21.4 Å². The Bertz CT molecular complexity index is 2540. The number of unbranched alkanes of at least 4 members (excludes halogenated alkanes) is 5. The lowest BCUT2D eigenvalue weighted by atomic mass is 10.0. The first-order valence-electron chi connectivity index (χ1n) is 28.3. The molecule has 0 aromatic heterocycles. The third-order valence-corrected chi connectivity index (χ3v) is 22.8. The number of carbonyl (C=O) groups is 4. The summed E-state index contributed by atoms with van der Waals surface area (Å²) in [5.74, 6) is -1.23. The van der Waals surface area contributed by atoms with E-state index in [4.69, 9.17) is 14.2 Å². The summed E-state index contributed by atoms with van der Waals surface area (Å²) in [7, 11) is -9.84. The molecule has 14 nitrogen and oxygen atoms in total. The molecule has 0 bridgehead atoms. The van der Waals surface area contributed by atoms with E-state index in [0.717, 1.165) is 32.1 Å². The maximum atomic E-state index is 14.5. The van der Waals surface area contributed by atoms with Crippen LogP contribution in [-0.2, 0) is 47.1 Å². The average Bonchev–Trinajstić information content (AvgIpc) is 3.56. The largest absolute Gasteiger partial charge is 0.379 e. The zero-order valence-corrected chi connectivity index (χ0v) is 49.5. The van der Waals surface area contributed by atoms with Crippen LogP contribution in [0.3, 0.4) is 0 Å². The Balaban J connectivity index is 1.08. The van der Waals surface area contributed by atoms with E-state index >= 15 is 0 Å². The van der Waals surface area contributed by atoms with Crippen molar-refractivity contribution in [1.29, 1.82) is 0 Å². The summed E-state index contributed by atoms with van der Waals surface area (Å²) in [5.41, 5.74) is -1.16. The van der Waals surface area contributed by atoms with Gasteiger partial charge in [-0.3, -0.25) is 19.2 Å². The van der Waals surface area contributed by atoms with Gasteiger partial charge in [0.25, 0.3) is 0 Å². The predicted molar refractivity (Wildman–Crippen MR) is 328 cm³/mol. The molecule has 81 heavy (non-hydrogen) atoms. The molecule has 0 heterocycles. The molecule has 0 aliphatic carbocycles. The molecular weight excluding hydrogens is 1080 g/mol. The molecule has 0 fully saturated rings. The van der Waals surface area contributed by atoms with E-state index in [1.165, 1.54) is 0 Å². The monoisotopic (exact) mass is 1160 g/mol. The van der Waals surface area contributed by atoms with Crippen LogP contribution < -0.4 is 53.1 Å². The molecule has 432 valence electrons. The number of amides is 4. The number of carbonyl (C=O) groups excluding carboxylic acids is 4. The van der Waals surface area contributed by atoms with Crippen LogP contribution in [-0.4, -0.2) is 107 Å². The SMILES string of the molecule is CCCCCCCCC(=O)NC(COCCCNC(=O)CP(=O)(c1ccccc1)c1ccccc1)(COCCCNC(=O)CP(=O)(c1ccccc1)c1ccccc1)COCCCNC(=O)CP(=O)(c1ccccc1)c1ccccc1. The van der Waals surface area contributed by atoms with Gasteiger partial charge in [-0.05, 0) is 25.7 Å². The second-order valence-corrected chi connectivity index (χ2v) is 28.8. The Morgan fingerprint density at radius 1 is 0.358 bits per heavy atom. The van der Waals surface area contributed by atoms with Crippen molar-refractivity contribution in [3.8, 4) is 0 Å². The fourth-order valence-electron chi connectivity index (χ4n) is 9.45. The molecule has 0 unspecified atom stereocenters. The summed E-state index contributed by atoms with van der Waals surface area (Å²) in [4.78, 5) is 54.1. The highest BCUT2D eigenvalue weighted by atomic mass is 31.2. The molecule has 0 aliphatic heterocycles. The first kappa shape index (κ1) is 63.9. The standard InChI is InChI=1S/C64H81N4O10P3/c1-2-3-4-5-6-25-41-60(69)68-64(51-76-45-26-42-65-61(70)48-79(73,54-29-13-7-14-30-54)55-31-15-8-16-32-55,52-77-46-27-43-66-62(71)49-80(74,56-33-17-9-18-34-56)57-35-19-10-20-36-57)53-78-47-28-44-67-63(72)50-81(75,58-37-21-11-22-38-58)59-39-23-12-24-40-59/h7-24,29-40H,2-6,25-28,41-53H2,1H3,(H,65,70)(H,66,71)(H,67,72)(H,68,69). The van der Waals surface area contributed by atoms with E-state index in [1.54, 1.807) is 72.8 Å². The Morgan fingerprint density at radius 3 is 0.889 bits per heavy atom. The quantitative estimate of drug-likeness (QED) is 0.0217. The first-order valence-corrected chi connectivity index (χ1v) is 34.0. The molecule has 17 heteroatoms. The van der Waals surface area contributed by atoms with Crippen LogP contribution in [0.1, 0.15) is 71.1 Å². The van der Waals surface area contributed by atoms with Gasteiger partial charge in [-0.15, -0.1) is 0 Å². The van der Waals surface area contributed by atoms with Crippen molar-refractivity contribution >= 4 is 76.9 Å². The van der Waals surface area contributed by atoms with Crippen molar-refractivity contribution in [2.75, 3.05) is 77.8 Å². The van der Waals surface area contributed by atoms with E-state index in [0.29, 0.717) is 63.9 Å². The van der Waals surface area contributed by atoms with Crippen molar-refractivity contribution in [2.24, 2.45) is 0 Å². The lowest BCUT2D eigenvalue weighted by molar-refractivity contribution is -0.128. The van der Waals surface area contributed by atoms with Crippen LogP contribution in [0, 0.1) is 0 Å². The van der Waals surface area contributed by atoms with Gasteiger partial charge in [-0.25, -0.2) is 0 Å². The molecule has 6 aromatic carbocycles. The third-order valence-electron chi connectivity index (χ3n) is 13.8. The van der Waals surface area contributed by atoms with E-state index in [-0.39, 0.29) is 101 Å². The molecule has 0 saturated heterocycles. The van der Waals surface area contributed by atoms with Crippen LogP contribution in [0.5, 0.6) is 0 Å². The molecule has 0 atom stereocenters. The van der Waals surface area contributed by atoms with Gasteiger partial charge in [-0.1, -0.05) is 221 Å². The zero-order chi connectivity index (χ0) is 57.5. The average molecular weight is 1160 g/mol. The van der Waals surface area contributed by atoms with Gasteiger partial charge in [0.2, 0.25) is 23.6 Å². The normalized spacial score (nSPS) is 11.9. The second kappa shape index (κ2) is 34.3. The molecule has 0 radical (unpaired) electrons. The Kier molecular flexibility index (Phi) is 27.1.